The van der Waals surface area contributed by atoms with E-state index in [1.165, 1.54) is 11.3 Å². The fraction of sp³-hybridized carbons (Fsp3) is 0.316. The number of hydrogen-bond donors (Lipinski definition) is 0. The number of carbonyl (C=O) groups is 1. The minimum Gasteiger partial charge on any atom is -0.368 e. The largest absolute Gasteiger partial charge is 0.368 e. The van der Waals surface area contributed by atoms with Crippen LogP contribution >= 0.6 is 11.6 Å². The van der Waals surface area contributed by atoms with Crippen LogP contribution in [0.2, 0.25) is 5.02 Å². The molecule has 0 bridgehead atoms. The van der Waals surface area contributed by atoms with Gasteiger partial charge in [-0.25, -0.2) is 0 Å². The topological polar surface area (TPSA) is 23.6 Å². The monoisotopic (exact) mass is 328 g/mol. The zero-order valence-electron chi connectivity index (χ0n) is 13.6. The van der Waals surface area contributed by atoms with E-state index in [0.29, 0.717) is 0 Å². The Bertz CT molecular complexity index is 704. The molecule has 3 rings (SSSR count). The van der Waals surface area contributed by atoms with Gasteiger partial charge in [0, 0.05) is 42.5 Å². The average Bonchev–Trinajstić information content (AvgIpc) is 2.58. The van der Waals surface area contributed by atoms with Crippen molar-refractivity contribution < 1.29 is 4.79 Å². The summed E-state index contributed by atoms with van der Waals surface area (Å²) in [4.78, 5) is 16.8. The third kappa shape index (κ3) is 3.35. The van der Waals surface area contributed by atoms with Gasteiger partial charge in [-0.2, -0.15) is 0 Å². The predicted octanol–water partition coefficient (Wildman–Crippen LogP) is 3.92. The molecule has 1 fully saturated rings. The lowest BCUT2D eigenvalue weighted by Gasteiger charge is -2.37. The highest BCUT2D eigenvalue weighted by atomic mass is 35.5. The molecular formula is C19H21ClN2O. The van der Waals surface area contributed by atoms with E-state index in [2.05, 4.69) is 11.0 Å². The Morgan fingerprint density at radius 2 is 1.61 bits per heavy atom. The van der Waals surface area contributed by atoms with Gasteiger partial charge in [-0.15, -0.1) is 0 Å². The van der Waals surface area contributed by atoms with Crippen LogP contribution < -0.4 is 4.90 Å². The summed E-state index contributed by atoms with van der Waals surface area (Å²) in [5, 5.41) is 0.792. The first kappa shape index (κ1) is 15.9. The molecule has 0 spiro atoms. The lowest BCUT2D eigenvalue weighted by molar-refractivity contribution is 0.0747. The molecule has 0 N–H and O–H groups in total. The fourth-order valence-corrected chi connectivity index (χ4v) is 3.14. The Morgan fingerprint density at radius 3 is 2.26 bits per heavy atom. The van der Waals surface area contributed by atoms with Crippen LogP contribution in [0.25, 0.3) is 0 Å². The number of amides is 1. The summed E-state index contributed by atoms with van der Waals surface area (Å²) in [6.45, 7) is 7.21. The molecule has 1 aliphatic heterocycles. The van der Waals surface area contributed by atoms with E-state index in [9.17, 15) is 4.79 Å². The number of benzene rings is 2. The lowest BCUT2D eigenvalue weighted by atomic mass is 10.1. The number of hydrogen-bond acceptors (Lipinski definition) is 2. The number of carbonyl (C=O) groups excluding carboxylic acids is 1. The molecule has 1 heterocycles. The Labute approximate surface area is 142 Å². The SMILES string of the molecule is Cc1ccc(C(=O)N2CCN(c3cccc(Cl)c3C)CC2)cc1. The molecule has 3 nitrogen and oxygen atoms in total. The number of piperazine rings is 1. The summed E-state index contributed by atoms with van der Waals surface area (Å²) in [6, 6.07) is 13.8. The van der Waals surface area contributed by atoms with Crippen molar-refractivity contribution in [3.63, 3.8) is 0 Å². The number of nitrogens with zero attached hydrogens (tertiary/aromatic N) is 2. The van der Waals surface area contributed by atoms with Crippen LogP contribution in [-0.4, -0.2) is 37.0 Å². The summed E-state index contributed by atoms with van der Waals surface area (Å²) >= 11 is 6.21. The van der Waals surface area contributed by atoms with Crippen LogP contribution in [0.4, 0.5) is 5.69 Å². The molecule has 0 aliphatic carbocycles. The molecule has 120 valence electrons. The maximum absolute atomic E-state index is 12.6. The van der Waals surface area contributed by atoms with Crippen LogP contribution in [0.5, 0.6) is 0 Å². The summed E-state index contributed by atoms with van der Waals surface area (Å²) in [7, 11) is 0. The molecule has 0 unspecified atom stereocenters. The molecule has 2 aromatic rings. The van der Waals surface area contributed by atoms with Gasteiger partial charge in [-0.3, -0.25) is 4.79 Å². The average molecular weight is 329 g/mol. The van der Waals surface area contributed by atoms with E-state index in [4.69, 9.17) is 11.6 Å². The van der Waals surface area contributed by atoms with Crippen molar-refractivity contribution in [1.82, 2.24) is 4.90 Å². The molecular weight excluding hydrogens is 308 g/mol. The maximum Gasteiger partial charge on any atom is 0.253 e. The van der Waals surface area contributed by atoms with Gasteiger partial charge >= 0.3 is 0 Å². The molecule has 2 aromatic carbocycles. The van der Waals surface area contributed by atoms with Crippen molar-refractivity contribution >= 4 is 23.2 Å². The first-order valence-electron chi connectivity index (χ1n) is 7.92. The van der Waals surface area contributed by atoms with Crippen LogP contribution in [0.1, 0.15) is 21.5 Å². The van der Waals surface area contributed by atoms with E-state index in [0.717, 1.165) is 42.3 Å². The van der Waals surface area contributed by atoms with Crippen LogP contribution in [0.15, 0.2) is 42.5 Å². The van der Waals surface area contributed by atoms with E-state index < -0.39 is 0 Å². The smallest absolute Gasteiger partial charge is 0.253 e. The van der Waals surface area contributed by atoms with E-state index in [-0.39, 0.29) is 5.91 Å². The molecule has 1 aliphatic rings. The molecule has 0 radical (unpaired) electrons. The second kappa shape index (κ2) is 6.63. The second-order valence-corrected chi connectivity index (χ2v) is 6.44. The number of aryl methyl sites for hydroxylation is 1. The number of rotatable bonds is 2. The van der Waals surface area contributed by atoms with Gasteiger partial charge < -0.3 is 9.80 Å². The summed E-state index contributed by atoms with van der Waals surface area (Å²) in [5.74, 6) is 0.118. The van der Waals surface area contributed by atoms with Crippen molar-refractivity contribution in [3.8, 4) is 0 Å². The van der Waals surface area contributed by atoms with Gasteiger partial charge in [0.05, 0.1) is 0 Å². The van der Waals surface area contributed by atoms with Gasteiger partial charge in [0.15, 0.2) is 0 Å². The van der Waals surface area contributed by atoms with E-state index in [1.54, 1.807) is 0 Å². The summed E-state index contributed by atoms with van der Waals surface area (Å²) in [5.41, 5.74) is 4.21. The Balaban J connectivity index is 1.67. The minimum absolute atomic E-state index is 0.118. The molecule has 1 saturated heterocycles. The number of halogens is 1. The first-order chi connectivity index (χ1) is 11.1. The molecule has 0 aromatic heterocycles. The second-order valence-electron chi connectivity index (χ2n) is 6.03. The third-order valence-corrected chi connectivity index (χ3v) is 4.85. The Kier molecular flexibility index (Phi) is 4.58. The Morgan fingerprint density at radius 1 is 0.957 bits per heavy atom. The van der Waals surface area contributed by atoms with Crippen LogP contribution in [0.3, 0.4) is 0 Å². The number of anilines is 1. The lowest BCUT2D eigenvalue weighted by Crippen LogP contribution is -2.49. The van der Waals surface area contributed by atoms with Crippen molar-refractivity contribution in [1.29, 1.82) is 0 Å². The molecule has 1 amide bonds. The van der Waals surface area contributed by atoms with Crippen molar-refractivity contribution in [3.05, 3.63) is 64.2 Å². The zero-order valence-corrected chi connectivity index (χ0v) is 14.3. The van der Waals surface area contributed by atoms with Crippen LogP contribution in [0, 0.1) is 13.8 Å². The standard InChI is InChI=1S/C19H21ClN2O/c1-14-6-8-16(9-7-14)19(23)22-12-10-21(11-13-22)18-5-3-4-17(20)15(18)2/h3-9H,10-13H2,1-2H3. The predicted molar refractivity (Wildman–Crippen MR) is 95.5 cm³/mol. The summed E-state index contributed by atoms with van der Waals surface area (Å²) < 4.78 is 0. The van der Waals surface area contributed by atoms with Crippen molar-refractivity contribution in [2.75, 3.05) is 31.1 Å². The van der Waals surface area contributed by atoms with E-state index in [1.807, 2.05) is 55.1 Å². The highest BCUT2D eigenvalue weighted by Crippen LogP contribution is 2.27. The molecule has 0 atom stereocenters. The normalized spacial score (nSPS) is 14.9. The fourth-order valence-electron chi connectivity index (χ4n) is 2.97. The molecule has 4 heteroatoms. The maximum atomic E-state index is 12.6. The van der Waals surface area contributed by atoms with Gasteiger partial charge in [0.25, 0.3) is 5.91 Å². The van der Waals surface area contributed by atoms with E-state index >= 15 is 0 Å². The first-order valence-corrected chi connectivity index (χ1v) is 8.30. The van der Waals surface area contributed by atoms with Gasteiger partial charge in [0.1, 0.15) is 0 Å². The molecule has 23 heavy (non-hydrogen) atoms. The summed E-state index contributed by atoms with van der Waals surface area (Å²) in [6.07, 6.45) is 0. The molecule has 0 saturated carbocycles. The van der Waals surface area contributed by atoms with Crippen LogP contribution in [-0.2, 0) is 0 Å². The highest BCUT2D eigenvalue weighted by Gasteiger charge is 2.23. The zero-order chi connectivity index (χ0) is 16.4. The van der Waals surface area contributed by atoms with Gasteiger partial charge in [-0.05, 0) is 43.7 Å². The third-order valence-electron chi connectivity index (χ3n) is 4.45. The van der Waals surface area contributed by atoms with Crippen molar-refractivity contribution in [2.24, 2.45) is 0 Å². The minimum atomic E-state index is 0.118. The highest BCUT2D eigenvalue weighted by molar-refractivity contribution is 6.31. The Hall–Kier alpha value is -2.00. The van der Waals surface area contributed by atoms with Gasteiger partial charge in [-0.1, -0.05) is 35.4 Å². The van der Waals surface area contributed by atoms with Gasteiger partial charge in [0.2, 0.25) is 0 Å². The van der Waals surface area contributed by atoms with Crippen molar-refractivity contribution in [2.45, 2.75) is 13.8 Å². The quantitative estimate of drug-likeness (QED) is 0.834.